The quantitative estimate of drug-likeness (QED) is 0.725. The number of carbonyl (C=O) groups is 1. The summed E-state index contributed by atoms with van der Waals surface area (Å²) in [6.07, 6.45) is -0.316. The maximum absolute atomic E-state index is 11.6. The molecule has 4 heteroatoms. The number of β-amino-alcohol motifs (C(OH)–C–C–N with tert-alkyl or cyclic N) is 1. The molecule has 1 fully saturated rings. The summed E-state index contributed by atoms with van der Waals surface area (Å²) in [6, 6.07) is 1.89. The Morgan fingerprint density at radius 3 is 2.85 bits per heavy atom. The van der Waals surface area contributed by atoms with E-state index >= 15 is 0 Å². The van der Waals surface area contributed by atoms with Gasteiger partial charge in [-0.1, -0.05) is 0 Å². The van der Waals surface area contributed by atoms with E-state index in [4.69, 9.17) is 5.11 Å². The maximum Gasteiger partial charge on any atom is 0.254 e. The molecule has 1 aliphatic rings. The molecule has 2 heterocycles. The number of thiophene rings is 1. The number of likely N-dealkylation sites (tertiary alicyclic amines) is 1. The van der Waals surface area contributed by atoms with Crippen LogP contribution in [0.2, 0.25) is 0 Å². The van der Waals surface area contributed by atoms with E-state index in [0.29, 0.717) is 13.1 Å². The second kappa shape index (κ2) is 3.12. The molecular formula is C9H11NO2S. The lowest BCUT2D eigenvalue weighted by molar-refractivity contribution is 0.00593. The van der Waals surface area contributed by atoms with Gasteiger partial charge in [0.1, 0.15) is 0 Å². The Labute approximate surface area is 80.6 Å². The number of aliphatic hydroxyl groups excluding tert-OH is 1. The van der Waals surface area contributed by atoms with Crippen LogP contribution in [0, 0.1) is 6.92 Å². The monoisotopic (exact) mass is 197 g/mol. The highest BCUT2D eigenvalue weighted by atomic mass is 32.1. The van der Waals surface area contributed by atoms with E-state index < -0.39 is 0 Å². The Hall–Kier alpha value is -0.870. The van der Waals surface area contributed by atoms with Gasteiger partial charge >= 0.3 is 0 Å². The molecule has 13 heavy (non-hydrogen) atoms. The predicted molar refractivity (Wildman–Crippen MR) is 51.0 cm³/mol. The second-order valence-corrected chi connectivity index (χ2v) is 4.43. The lowest BCUT2D eigenvalue weighted by Crippen LogP contribution is -2.53. The van der Waals surface area contributed by atoms with E-state index in [9.17, 15) is 4.79 Å². The highest BCUT2D eigenvalue weighted by Gasteiger charge is 2.29. The Bertz CT molecular complexity index is 328. The van der Waals surface area contributed by atoms with Crippen molar-refractivity contribution in [3.05, 3.63) is 21.9 Å². The van der Waals surface area contributed by atoms with Gasteiger partial charge < -0.3 is 10.0 Å². The number of nitrogens with zero attached hydrogens (tertiary/aromatic N) is 1. The molecule has 1 aliphatic heterocycles. The van der Waals surface area contributed by atoms with Crippen LogP contribution >= 0.6 is 11.3 Å². The Morgan fingerprint density at radius 1 is 1.69 bits per heavy atom. The zero-order chi connectivity index (χ0) is 9.42. The smallest absolute Gasteiger partial charge is 0.254 e. The van der Waals surface area contributed by atoms with Gasteiger partial charge in [-0.05, 0) is 13.0 Å². The van der Waals surface area contributed by atoms with Crippen LogP contribution < -0.4 is 0 Å². The number of aliphatic hydroxyl groups is 1. The first-order valence-corrected chi connectivity index (χ1v) is 5.07. The van der Waals surface area contributed by atoms with Crippen molar-refractivity contribution in [3.8, 4) is 0 Å². The molecular weight excluding hydrogens is 186 g/mol. The average molecular weight is 197 g/mol. The van der Waals surface area contributed by atoms with Crippen LogP contribution in [0.25, 0.3) is 0 Å². The SMILES string of the molecule is Cc1cc(C(=O)N2CC(O)C2)cs1. The van der Waals surface area contributed by atoms with Gasteiger partial charge in [-0.2, -0.15) is 0 Å². The minimum Gasteiger partial charge on any atom is -0.389 e. The number of amides is 1. The highest BCUT2D eigenvalue weighted by molar-refractivity contribution is 7.10. The molecule has 1 amide bonds. The maximum atomic E-state index is 11.6. The van der Waals surface area contributed by atoms with E-state index in [1.54, 1.807) is 16.2 Å². The van der Waals surface area contributed by atoms with Crippen molar-refractivity contribution in [2.45, 2.75) is 13.0 Å². The summed E-state index contributed by atoms with van der Waals surface area (Å²) in [5.41, 5.74) is 0.745. The summed E-state index contributed by atoms with van der Waals surface area (Å²) in [5.74, 6) is 0.0367. The lowest BCUT2D eigenvalue weighted by Gasteiger charge is -2.35. The standard InChI is InChI=1S/C9H11NO2S/c1-6-2-7(5-13-6)9(12)10-3-8(11)4-10/h2,5,8,11H,3-4H2,1H3. The minimum atomic E-state index is -0.316. The van der Waals surface area contributed by atoms with Gasteiger partial charge in [-0.3, -0.25) is 4.79 Å². The first kappa shape index (κ1) is 8.72. The molecule has 0 aromatic carbocycles. The van der Waals surface area contributed by atoms with Crippen molar-refractivity contribution in [2.24, 2.45) is 0 Å². The van der Waals surface area contributed by atoms with Gasteiger partial charge in [0.25, 0.3) is 5.91 Å². The molecule has 0 bridgehead atoms. The third kappa shape index (κ3) is 1.59. The van der Waals surface area contributed by atoms with E-state index in [-0.39, 0.29) is 12.0 Å². The molecule has 0 saturated carbocycles. The zero-order valence-corrected chi connectivity index (χ0v) is 8.17. The summed E-state index contributed by atoms with van der Waals surface area (Å²) in [5, 5.41) is 10.9. The fourth-order valence-electron chi connectivity index (χ4n) is 1.36. The molecule has 1 saturated heterocycles. The fourth-order valence-corrected chi connectivity index (χ4v) is 2.04. The van der Waals surface area contributed by atoms with E-state index in [2.05, 4.69) is 0 Å². The van der Waals surface area contributed by atoms with Gasteiger partial charge in [-0.25, -0.2) is 0 Å². The molecule has 3 nitrogen and oxygen atoms in total. The lowest BCUT2D eigenvalue weighted by atomic mass is 10.1. The van der Waals surface area contributed by atoms with Gasteiger partial charge in [0, 0.05) is 23.3 Å². The summed E-state index contributed by atoms with van der Waals surface area (Å²) in [6.45, 7) is 2.94. The molecule has 0 unspecified atom stereocenters. The van der Waals surface area contributed by atoms with Crippen molar-refractivity contribution >= 4 is 17.2 Å². The molecule has 1 aromatic rings. The van der Waals surface area contributed by atoms with Crippen molar-refractivity contribution in [2.75, 3.05) is 13.1 Å². The first-order chi connectivity index (χ1) is 6.16. The molecule has 2 rings (SSSR count). The van der Waals surface area contributed by atoms with Gasteiger partial charge in [0.15, 0.2) is 0 Å². The third-order valence-electron chi connectivity index (χ3n) is 2.13. The molecule has 70 valence electrons. The predicted octanol–water partition coefficient (Wildman–Crippen LogP) is 0.873. The zero-order valence-electron chi connectivity index (χ0n) is 7.36. The number of carbonyl (C=O) groups excluding carboxylic acids is 1. The minimum absolute atomic E-state index is 0.0367. The number of hydrogen-bond donors (Lipinski definition) is 1. The molecule has 0 spiro atoms. The third-order valence-corrected chi connectivity index (χ3v) is 2.99. The second-order valence-electron chi connectivity index (χ2n) is 3.31. The van der Waals surface area contributed by atoms with Crippen LogP contribution in [0.4, 0.5) is 0 Å². The van der Waals surface area contributed by atoms with E-state index in [1.807, 2.05) is 18.4 Å². The molecule has 1 aromatic heterocycles. The highest BCUT2D eigenvalue weighted by Crippen LogP contribution is 2.18. The Morgan fingerprint density at radius 2 is 2.38 bits per heavy atom. The largest absolute Gasteiger partial charge is 0.389 e. The molecule has 0 radical (unpaired) electrons. The normalized spacial score (nSPS) is 17.2. The van der Waals surface area contributed by atoms with Crippen LogP contribution in [0.15, 0.2) is 11.4 Å². The summed E-state index contributed by atoms with van der Waals surface area (Å²) < 4.78 is 0. The first-order valence-electron chi connectivity index (χ1n) is 4.19. The summed E-state index contributed by atoms with van der Waals surface area (Å²) in [7, 11) is 0. The molecule has 0 aliphatic carbocycles. The average Bonchev–Trinajstić information content (AvgIpc) is 2.45. The van der Waals surface area contributed by atoms with Crippen molar-refractivity contribution in [1.29, 1.82) is 0 Å². The summed E-state index contributed by atoms with van der Waals surface area (Å²) >= 11 is 1.58. The van der Waals surface area contributed by atoms with Crippen LogP contribution in [0.5, 0.6) is 0 Å². The number of aryl methyl sites for hydroxylation is 1. The van der Waals surface area contributed by atoms with Crippen molar-refractivity contribution < 1.29 is 9.90 Å². The Kier molecular flexibility index (Phi) is 2.09. The number of hydrogen-bond acceptors (Lipinski definition) is 3. The van der Waals surface area contributed by atoms with Crippen LogP contribution in [-0.2, 0) is 0 Å². The topological polar surface area (TPSA) is 40.5 Å². The van der Waals surface area contributed by atoms with Crippen LogP contribution in [0.3, 0.4) is 0 Å². The van der Waals surface area contributed by atoms with Crippen molar-refractivity contribution in [1.82, 2.24) is 4.90 Å². The fraction of sp³-hybridized carbons (Fsp3) is 0.444. The van der Waals surface area contributed by atoms with Crippen molar-refractivity contribution in [3.63, 3.8) is 0 Å². The van der Waals surface area contributed by atoms with Crippen LogP contribution in [-0.4, -0.2) is 35.1 Å². The number of rotatable bonds is 1. The Balaban J connectivity index is 2.06. The van der Waals surface area contributed by atoms with E-state index in [1.165, 1.54) is 0 Å². The summed E-state index contributed by atoms with van der Waals surface area (Å²) in [4.78, 5) is 14.4. The van der Waals surface area contributed by atoms with Gasteiger partial charge in [0.05, 0.1) is 11.7 Å². The van der Waals surface area contributed by atoms with Crippen LogP contribution in [0.1, 0.15) is 15.2 Å². The van der Waals surface area contributed by atoms with Gasteiger partial charge in [0.2, 0.25) is 0 Å². The molecule has 0 atom stereocenters. The molecule has 1 N–H and O–H groups in total. The van der Waals surface area contributed by atoms with E-state index in [0.717, 1.165) is 10.4 Å². The van der Waals surface area contributed by atoms with Gasteiger partial charge in [-0.15, -0.1) is 11.3 Å².